The molecule has 0 aromatic rings. The Balaban J connectivity index is 2.51. The third kappa shape index (κ3) is 2.03. The van der Waals surface area contributed by atoms with Crippen LogP contribution in [0.25, 0.3) is 0 Å². The number of aliphatic carboxylic acids is 1. The molecule has 0 radical (unpaired) electrons. The molecule has 0 aromatic heterocycles. The average molecular weight is 214 g/mol. The molecular weight excluding hydrogens is 192 g/mol. The van der Waals surface area contributed by atoms with E-state index in [9.17, 15) is 4.79 Å². The minimum atomic E-state index is -0.743. The maximum Gasteiger partial charge on any atom is 0.310 e. The van der Waals surface area contributed by atoms with E-state index in [0.717, 1.165) is 6.42 Å². The van der Waals surface area contributed by atoms with Gasteiger partial charge in [0.05, 0.1) is 11.5 Å². The van der Waals surface area contributed by atoms with Gasteiger partial charge in [0.1, 0.15) is 0 Å². The Bertz CT molecular complexity index is 258. The van der Waals surface area contributed by atoms with Crippen molar-refractivity contribution < 1.29 is 14.6 Å². The number of ether oxygens (including phenoxy) is 1. The molecule has 1 aliphatic carbocycles. The molecule has 0 aliphatic heterocycles. The molecule has 3 heteroatoms. The van der Waals surface area contributed by atoms with Gasteiger partial charge < -0.3 is 9.84 Å². The fourth-order valence-electron chi connectivity index (χ4n) is 2.26. The molecule has 15 heavy (non-hydrogen) atoms. The van der Waals surface area contributed by atoms with Gasteiger partial charge in [0.2, 0.25) is 0 Å². The Morgan fingerprint density at radius 3 is 2.27 bits per heavy atom. The molecule has 0 heterocycles. The lowest BCUT2D eigenvalue weighted by molar-refractivity contribution is -0.141. The van der Waals surface area contributed by atoms with Crippen LogP contribution < -0.4 is 0 Å². The van der Waals surface area contributed by atoms with E-state index < -0.39 is 11.6 Å². The molecule has 3 nitrogen and oxygen atoms in total. The van der Waals surface area contributed by atoms with Crippen LogP contribution in [0.3, 0.4) is 0 Å². The van der Waals surface area contributed by atoms with Crippen LogP contribution >= 0.6 is 0 Å². The highest BCUT2D eigenvalue weighted by Crippen LogP contribution is 2.63. The van der Waals surface area contributed by atoms with Gasteiger partial charge in [-0.15, -0.1) is 0 Å². The lowest BCUT2D eigenvalue weighted by atomic mass is 10.1. The third-order valence-corrected chi connectivity index (χ3v) is 3.81. The van der Waals surface area contributed by atoms with Gasteiger partial charge >= 0.3 is 5.97 Å². The largest absolute Gasteiger partial charge is 0.481 e. The number of hydrogen-bond donors (Lipinski definition) is 1. The molecule has 2 atom stereocenters. The molecule has 1 rings (SSSR count). The fourth-order valence-corrected chi connectivity index (χ4v) is 2.26. The molecule has 1 aliphatic rings. The number of carbonyl (C=O) groups is 1. The van der Waals surface area contributed by atoms with Crippen LogP contribution in [0.2, 0.25) is 0 Å². The molecule has 2 unspecified atom stereocenters. The monoisotopic (exact) mass is 214 g/mol. The first-order chi connectivity index (χ1) is 6.73. The lowest BCUT2D eigenvalue weighted by Gasteiger charge is -2.16. The van der Waals surface area contributed by atoms with E-state index in [1.807, 2.05) is 20.8 Å². The van der Waals surface area contributed by atoms with Crippen LogP contribution in [0.1, 0.15) is 41.0 Å². The van der Waals surface area contributed by atoms with E-state index in [2.05, 4.69) is 13.8 Å². The standard InChI is InChI=1S/C12H22O3/c1-8(2)6-7-15-12(5)9(10(13)14)11(12,3)4/h8-9H,6-7H2,1-5H3,(H,13,14). The summed E-state index contributed by atoms with van der Waals surface area (Å²) in [5, 5.41) is 9.05. The summed E-state index contributed by atoms with van der Waals surface area (Å²) in [6.07, 6.45) is 0.984. The minimum Gasteiger partial charge on any atom is -0.481 e. The number of rotatable bonds is 5. The Kier molecular flexibility index (Phi) is 3.15. The zero-order valence-electron chi connectivity index (χ0n) is 10.3. The van der Waals surface area contributed by atoms with Crippen LogP contribution in [0.15, 0.2) is 0 Å². The van der Waals surface area contributed by atoms with Crippen molar-refractivity contribution in [1.82, 2.24) is 0 Å². The first kappa shape index (κ1) is 12.5. The van der Waals surface area contributed by atoms with Crippen molar-refractivity contribution in [2.75, 3.05) is 6.61 Å². The van der Waals surface area contributed by atoms with Gasteiger partial charge in [-0.05, 0) is 19.3 Å². The predicted molar refractivity (Wildman–Crippen MR) is 58.7 cm³/mol. The summed E-state index contributed by atoms with van der Waals surface area (Å²) in [6.45, 7) is 10.8. The van der Waals surface area contributed by atoms with Crippen LogP contribution in [-0.4, -0.2) is 23.3 Å². The molecule has 1 fully saturated rings. The van der Waals surface area contributed by atoms with Crippen molar-refractivity contribution in [3.8, 4) is 0 Å². The highest BCUT2D eigenvalue weighted by atomic mass is 16.5. The molecule has 1 N–H and O–H groups in total. The van der Waals surface area contributed by atoms with E-state index in [1.165, 1.54) is 0 Å². The molecule has 0 bridgehead atoms. The van der Waals surface area contributed by atoms with Gasteiger partial charge in [-0.2, -0.15) is 0 Å². The van der Waals surface area contributed by atoms with Gasteiger partial charge in [0.25, 0.3) is 0 Å². The van der Waals surface area contributed by atoms with Gasteiger partial charge in [-0.25, -0.2) is 0 Å². The summed E-state index contributed by atoms with van der Waals surface area (Å²) in [4.78, 5) is 11.0. The van der Waals surface area contributed by atoms with Crippen LogP contribution in [0.4, 0.5) is 0 Å². The molecule has 0 spiro atoms. The van der Waals surface area contributed by atoms with Crippen molar-refractivity contribution in [1.29, 1.82) is 0 Å². The quantitative estimate of drug-likeness (QED) is 0.765. The molecule has 0 saturated heterocycles. The first-order valence-electron chi connectivity index (χ1n) is 5.60. The van der Waals surface area contributed by atoms with Gasteiger partial charge in [0, 0.05) is 12.0 Å². The molecule has 0 amide bonds. The van der Waals surface area contributed by atoms with Crippen LogP contribution in [0.5, 0.6) is 0 Å². The zero-order valence-corrected chi connectivity index (χ0v) is 10.3. The van der Waals surface area contributed by atoms with Gasteiger partial charge in [-0.3, -0.25) is 4.79 Å². The van der Waals surface area contributed by atoms with E-state index in [-0.39, 0.29) is 11.3 Å². The normalized spacial score (nSPS) is 33.1. The van der Waals surface area contributed by atoms with Crippen molar-refractivity contribution >= 4 is 5.97 Å². The predicted octanol–water partition coefficient (Wildman–Crippen LogP) is 2.55. The second-order valence-electron chi connectivity index (χ2n) is 5.63. The van der Waals surface area contributed by atoms with Crippen molar-refractivity contribution in [2.24, 2.45) is 17.3 Å². The topological polar surface area (TPSA) is 46.5 Å². The Morgan fingerprint density at radius 1 is 1.40 bits per heavy atom. The van der Waals surface area contributed by atoms with E-state index in [4.69, 9.17) is 9.84 Å². The summed E-state index contributed by atoms with van der Waals surface area (Å²) < 4.78 is 5.76. The summed E-state index contributed by atoms with van der Waals surface area (Å²) in [5.74, 6) is -0.511. The van der Waals surface area contributed by atoms with E-state index in [0.29, 0.717) is 12.5 Å². The maximum absolute atomic E-state index is 11.0. The Hall–Kier alpha value is -0.570. The van der Waals surface area contributed by atoms with Crippen LogP contribution in [0, 0.1) is 17.3 Å². The second-order valence-corrected chi connectivity index (χ2v) is 5.63. The van der Waals surface area contributed by atoms with E-state index in [1.54, 1.807) is 0 Å². The first-order valence-corrected chi connectivity index (χ1v) is 5.60. The summed E-state index contributed by atoms with van der Waals surface area (Å²) in [5.41, 5.74) is -0.719. The number of carboxylic acids is 1. The van der Waals surface area contributed by atoms with Crippen molar-refractivity contribution in [3.63, 3.8) is 0 Å². The minimum absolute atomic E-state index is 0.240. The maximum atomic E-state index is 11.0. The second kappa shape index (κ2) is 3.78. The van der Waals surface area contributed by atoms with Crippen molar-refractivity contribution in [3.05, 3.63) is 0 Å². The van der Waals surface area contributed by atoms with E-state index >= 15 is 0 Å². The summed E-state index contributed by atoms with van der Waals surface area (Å²) in [6, 6.07) is 0. The fraction of sp³-hybridized carbons (Fsp3) is 0.917. The summed E-state index contributed by atoms with van der Waals surface area (Å²) >= 11 is 0. The highest BCUT2D eigenvalue weighted by molar-refractivity contribution is 5.77. The molecule has 88 valence electrons. The molecular formula is C12H22O3. The van der Waals surface area contributed by atoms with Gasteiger partial charge in [0.15, 0.2) is 0 Å². The lowest BCUT2D eigenvalue weighted by Crippen LogP contribution is -2.20. The number of carboxylic acid groups (broad SMARTS) is 1. The Morgan fingerprint density at radius 2 is 1.93 bits per heavy atom. The average Bonchev–Trinajstić information content (AvgIpc) is 2.44. The smallest absolute Gasteiger partial charge is 0.310 e. The molecule has 0 aromatic carbocycles. The SMILES string of the molecule is CC(C)CCOC1(C)C(C(=O)O)C1(C)C. The highest BCUT2D eigenvalue weighted by Gasteiger charge is 2.73. The number of hydrogen-bond acceptors (Lipinski definition) is 2. The van der Waals surface area contributed by atoms with Crippen molar-refractivity contribution in [2.45, 2.75) is 46.6 Å². The summed E-state index contributed by atoms with van der Waals surface area (Å²) in [7, 11) is 0. The van der Waals surface area contributed by atoms with Crippen LogP contribution in [-0.2, 0) is 9.53 Å². The Labute approximate surface area is 91.8 Å². The zero-order chi connectivity index (χ0) is 11.9. The van der Waals surface area contributed by atoms with Gasteiger partial charge in [-0.1, -0.05) is 27.7 Å². The third-order valence-electron chi connectivity index (χ3n) is 3.81. The molecule has 1 saturated carbocycles.